The lowest BCUT2D eigenvalue weighted by atomic mass is 10.0. The van der Waals surface area contributed by atoms with Crippen LogP contribution in [0.2, 0.25) is 5.02 Å². The van der Waals surface area contributed by atoms with Crippen LogP contribution in [0.15, 0.2) is 53.6 Å². The Morgan fingerprint density at radius 1 is 1.08 bits per heavy atom. The number of rotatable bonds is 8. The van der Waals surface area contributed by atoms with Gasteiger partial charge in [0.2, 0.25) is 16.0 Å². The third-order valence-electron chi connectivity index (χ3n) is 6.85. The molecule has 0 bridgehead atoms. The summed E-state index contributed by atoms with van der Waals surface area (Å²) in [6.45, 7) is 4.83. The predicted molar refractivity (Wildman–Crippen MR) is 152 cm³/mol. The molecule has 2 aromatic carbocycles. The second-order valence-electron chi connectivity index (χ2n) is 9.78. The van der Waals surface area contributed by atoms with Crippen molar-refractivity contribution >= 4 is 44.8 Å². The number of anilines is 4. The highest BCUT2D eigenvalue weighted by Gasteiger charge is 2.23. The molecule has 1 saturated heterocycles. The van der Waals surface area contributed by atoms with E-state index >= 15 is 0 Å². The summed E-state index contributed by atoms with van der Waals surface area (Å²) < 4.78 is 38.1. The molecule has 0 spiro atoms. The van der Waals surface area contributed by atoms with Crippen LogP contribution in [0.25, 0.3) is 0 Å². The molecule has 3 heterocycles. The maximum absolute atomic E-state index is 12.8. The minimum Gasteiger partial charge on any atom is -0.376 e. The Kier molecular flexibility index (Phi) is 8.65. The first-order valence-corrected chi connectivity index (χ1v) is 14.7. The standard InChI is InChI=1S/C27H33ClN6O4S/c1-33(2)39(35,36)25-6-4-3-5-24(25)31-26-23(28)16-29-27(32-26)30-21-8-7-19-9-11-34(12-10-20(19)15-21)17-22-18-37-13-14-38-22/h3-8,15-16,22H,9-14,17-18H2,1-2H3,(H2,29,30,31,32). The number of halogens is 1. The van der Waals surface area contributed by atoms with Gasteiger partial charge in [-0.1, -0.05) is 29.8 Å². The highest BCUT2D eigenvalue weighted by atomic mass is 35.5. The number of nitrogens with one attached hydrogen (secondary N) is 2. The quantitative estimate of drug-likeness (QED) is 0.418. The summed E-state index contributed by atoms with van der Waals surface area (Å²) in [4.78, 5) is 11.4. The van der Waals surface area contributed by atoms with Gasteiger partial charge < -0.3 is 25.0 Å². The van der Waals surface area contributed by atoms with Crippen molar-refractivity contribution in [3.05, 3.63) is 64.8 Å². The Hall–Kier alpha value is -2.80. The number of fused-ring (bicyclic) bond motifs is 1. The van der Waals surface area contributed by atoms with Crippen LogP contribution in [0.3, 0.4) is 0 Å². The minimum absolute atomic E-state index is 0.126. The number of aromatic nitrogens is 2. The molecule has 1 aromatic heterocycles. The second kappa shape index (κ2) is 12.2. The third kappa shape index (κ3) is 6.68. The zero-order valence-electron chi connectivity index (χ0n) is 22.1. The molecule has 0 aliphatic carbocycles. The highest BCUT2D eigenvalue weighted by Crippen LogP contribution is 2.30. The van der Waals surface area contributed by atoms with E-state index < -0.39 is 10.0 Å². The molecule has 2 aliphatic rings. The molecule has 5 rings (SSSR count). The fourth-order valence-electron chi connectivity index (χ4n) is 4.73. The third-order valence-corrected chi connectivity index (χ3v) is 9.00. The van der Waals surface area contributed by atoms with Crippen molar-refractivity contribution in [1.82, 2.24) is 19.2 Å². The summed E-state index contributed by atoms with van der Waals surface area (Å²) in [6.07, 6.45) is 3.53. The van der Waals surface area contributed by atoms with Crippen molar-refractivity contribution in [2.75, 3.05) is 64.2 Å². The molecular formula is C27H33ClN6O4S. The zero-order valence-corrected chi connectivity index (χ0v) is 23.6. The number of ether oxygens (including phenoxy) is 2. The fourth-order valence-corrected chi connectivity index (χ4v) is 5.90. The van der Waals surface area contributed by atoms with Gasteiger partial charge in [0.05, 0.1) is 37.8 Å². The normalized spacial score (nSPS) is 18.4. The summed E-state index contributed by atoms with van der Waals surface area (Å²) in [5, 5.41) is 6.61. The van der Waals surface area contributed by atoms with E-state index in [9.17, 15) is 8.42 Å². The topological polar surface area (TPSA) is 109 Å². The van der Waals surface area contributed by atoms with Crippen LogP contribution in [0.1, 0.15) is 11.1 Å². The number of hydrogen-bond acceptors (Lipinski definition) is 9. The van der Waals surface area contributed by atoms with Gasteiger partial charge in [-0.15, -0.1) is 0 Å². The van der Waals surface area contributed by atoms with E-state index in [1.165, 1.54) is 31.4 Å². The molecule has 39 heavy (non-hydrogen) atoms. The van der Waals surface area contributed by atoms with E-state index in [1.807, 2.05) is 6.07 Å². The Labute approximate surface area is 234 Å². The minimum atomic E-state index is -3.67. The maximum atomic E-state index is 12.8. The molecule has 10 nitrogen and oxygen atoms in total. The van der Waals surface area contributed by atoms with Crippen LogP contribution in [-0.2, 0) is 32.3 Å². The lowest BCUT2D eigenvalue weighted by Crippen LogP contribution is -2.41. The van der Waals surface area contributed by atoms with Crippen LogP contribution in [0.5, 0.6) is 0 Å². The lowest BCUT2D eigenvalue weighted by molar-refractivity contribution is -0.0972. The first-order valence-electron chi connectivity index (χ1n) is 12.9. The molecule has 1 fully saturated rings. The van der Waals surface area contributed by atoms with E-state index in [0.29, 0.717) is 37.3 Å². The van der Waals surface area contributed by atoms with E-state index in [-0.39, 0.29) is 16.0 Å². The molecule has 3 aromatic rings. The van der Waals surface area contributed by atoms with Gasteiger partial charge in [-0.3, -0.25) is 0 Å². The van der Waals surface area contributed by atoms with E-state index in [0.717, 1.165) is 42.5 Å². The van der Waals surface area contributed by atoms with Crippen LogP contribution in [0.4, 0.5) is 23.1 Å². The van der Waals surface area contributed by atoms with Gasteiger partial charge in [0, 0.05) is 39.4 Å². The van der Waals surface area contributed by atoms with Crippen LogP contribution < -0.4 is 10.6 Å². The van der Waals surface area contributed by atoms with Crippen molar-refractivity contribution < 1.29 is 17.9 Å². The highest BCUT2D eigenvalue weighted by molar-refractivity contribution is 7.89. The number of benzene rings is 2. The molecule has 2 N–H and O–H groups in total. The molecule has 12 heteroatoms. The average molecular weight is 573 g/mol. The summed E-state index contributed by atoms with van der Waals surface area (Å²) in [7, 11) is -0.691. The summed E-state index contributed by atoms with van der Waals surface area (Å²) in [6, 6.07) is 13.0. The number of nitrogens with zero attached hydrogens (tertiary/aromatic N) is 4. The summed E-state index contributed by atoms with van der Waals surface area (Å²) in [5.41, 5.74) is 3.87. The van der Waals surface area contributed by atoms with Crippen LogP contribution in [-0.4, -0.2) is 87.2 Å². The Bertz CT molecular complexity index is 1420. The predicted octanol–water partition coefficient (Wildman–Crippen LogP) is 3.68. The SMILES string of the molecule is CN(C)S(=O)(=O)c1ccccc1Nc1nc(Nc2ccc3c(c2)CCN(CC2COCCO2)CC3)ncc1Cl. The molecule has 0 amide bonds. The molecule has 1 unspecified atom stereocenters. The van der Waals surface area contributed by atoms with Crippen molar-refractivity contribution in [3.63, 3.8) is 0 Å². The number of para-hydroxylation sites is 1. The van der Waals surface area contributed by atoms with Gasteiger partial charge >= 0.3 is 0 Å². The van der Waals surface area contributed by atoms with Gasteiger partial charge in [0.1, 0.15) is 9.92 Å². The van der Waals surface area contributed by atoms with Crippen molar-refractivity contribution in [2.24, 2.45) is 0 Å². The molecule has 2 aliphatic heterocycles. The summed E-state index contributed by atoms with van der Waals surface area (Å²) in [5.74, 6) is 0.648. The largest absolute Gasteiger partial charge is 0.376 e. The van der Waals surface area contributed by atoms with E-state index in [4.69, 9.17) is 21.1 Å². The van der Waals surface area contributed by atoms with Crippen molar-refractivity contribution in [2.45, 2.75) is 23.8 Å². The van der Waals surface area contributed by atoms with Gasteiger partial charge in [-0.2, -0.15) is 4.98 Å². The number of sulfonamides is 1. The van der Waals surface area contributed by atoms with Gasteiger partial charge in [0.25, 0.3) is 0 Å². The van der Waals surface area contributed by atoms with E-state index in [1.54, 1.807) is 24.3 Å². The van der Waals surface area contributed by atoms with Crippen LogP contribution in [0, 0.1) is 0 Å². The molecule has 0 saturated carbocycles. The molecule has 0 radical (unpaired) electrons. The molecule has 1 atom stereocenters. The smallest absolute Gasteiger partial charge is 0.244 e. The Morgan fingerprint density at radius 3 is 2.64 bits per heavy atom. The maximum Gasteiger partial charge on any atom is 0.244 e. The fraction of sp³-hybridized carbons (Fsp3) is 0.407. The summed E-state index contributed by atoms with van der Waals surface area (Å²) >= 11 is 6.38. The molecular weight excluding hydrogens is 540 g/mol. The zero-order chi connectivity index (χ0) is 27.4. The first kappa shape index (κ1) is 27.8. The van der Waals surface area contributed by atoms with Crippen LogP contribution >= 0.6 is 11.6 Å². The second-order valence-corrected chi connectivity index (χ2v) is 12.3. The monoisotopic (exact) mass is 572 g/mol. The Balaban J connectivity index is 1.29. The van der Waals surface area contributed by atoms with Gasteiger partial charge in [-0.25, -0.2) is 17.7 Å². The lowest BCUT2D eigenvalue weighted by Gasteiger charge is -2.28. The van der Waals surface area contributed by atoms with Crippen molar-refractivity contribution in [1.29, 1.82) is 0 Å². The van der Waals surface area contributed by atoms with Crippen molar-refractivity contribution in [3.8, 4) is 0 Å². The Morgan fingerprint density at radius 2 is 1.87 bits per heavy atom. The van der Waals surface area contributed by atoms with Gasteiger partial charge in [0.15, 0.2) is 5.82 Å². The first-order chi connectivity index (χ1) is 18.8. The van der Waals surface area contributed by atoms with Gasteiger partial charge in [-0.05, 0) is 48.2 Å². The number of hydrogen-bond donors (Lipinski definition) is 2. The average Bonchev–Trinajstić information content (AvgIpc) is 3.13. The molecule has 208 valence electrons. The van der Waals surface area contributed by atoms with E-state index in [2.05, 4.69) is 37.6 Å².